The average molecular weight is 372 g/mol. The molecule has 0 aliphatic heterocycles. The maximum absolute atomic E-state index is 12.8. The smallest absolute Gasteiger partial charge is 0.288 e. The first-order valence-corrected chi connectivity index (χ1v) is 8.75. The van der Waals surface area contributed by atoms with E-state index in [0.29, 0.717) is 10.6 Å². The molecular weight excluding hydrogens is 358 g/mol. The van der Waals surface area contributed by atoms with Gasteiger partial charge in [0.15, 0.2) is 11.5 Å². The quantitative estimate of drug-likeness (QED) is 0.389. The summed E-state index contributed by atoms with van der Waals surface area (Å²) in [5.41, 5.74) is 0.522. The second-order valence-electron chi connectivity index (χ2n) is 5.13. The number of benzene rings is 2. The fraction of sp³-hybridized carbons (Fsp3) is 0.0526. The first-order valence-electron chi connectivity index (χ1n) is 7.49. The third-order valence-electron chi connectivity index (χ3n) is 3.37. The monoisotopic (exact) mass is 371 g/mol. The minimum atomic E-state index is -0.791. The first-order chi connectivity index (χ1) is 12.1. The number of furan rings is 1. The lowest BCUT2D eigenvalue weighted by Gasteiger charge is -2.17. The molecule has 0 saturated heterocycles. The van der Waals surface area contributed by atoms with E-state index in [4.69, 9.17) is 16.0 Å². The van der Waals surface area contributed by atoms with Crippen LogP contribution in [0.15, 0.2) is 82.3 Å². The Morgan fingerprint density at radius 1 is 0.960 bits per heavy atom. The fourth-order valence-corrected chi connectivity index (χ4v) is 3.25. The van der Waals surface area contributed by atoms with Crippen LogP contribution in [-0.2, 0) is 0 Å². The molecule has 3 rings (SSSR count). The minimum Gasteiger partial charge on any atom is -0.459 e. The van der Waals surface area contributed by atoms with Crippen molar-refractivity contribution in [3.63, 3.8) is 0 Å². The molecule has 0 spiro atoms. The van der Waals surface area contributed by atoms with Crippen molar-refractivity contribution >= 4 is 35.1 Å². The zero-order valence-corrected chi connectivity index (χ0v) is 14.6. The van der Waals surface area contributed by atoms with Crippen molar-refractivity contribution < 1.29 is 14.0 Å². The normalized spacial score (nSPS) is 11.7. The van der Waals surface area contributed by atoms with Crippen LogP contribution in [0.25, 0.3) is 0 Å². The van der Waals surface area contributed by atoms with Crippen LogP contribution in [0.2, 0.25) is 5.02 Å². The van der Waals surface area contributed by atoms with Crippen LogP contribution in [0.5, 0.6) is 0 Å². The second-order valence-corrected chi connectivity index (χ2v) is 6.75. The van der Waals surface area contributed by atoms with Crippen LogP contribution < -0.4 is 5.32 Å². The van der Waals surface area contributed by atoms with Gasteiger partial charge in [0.1, 0.15) is 5.37 Å². The SMILES string of the molecule is O=C(N[C@@H](Sc1ccc(Cl)cc1)C(=O)c1ccccc1)c1ccco1. The molecule has 2 aromatic carbocycles. The summed E-state index contributed by atoms with van der Waals surface area (Å²) in [4.78, 5) is 26.0. The molecule has 0 bridgehead atoms. The summed E-state index contributed by atoms with van der Waals surface area (Å²) in [7, 11) is 0. The Morgan fingerprint density at radius 2 is 1.68 bits per heavy atom. The maximum Gasteiger partial charge on any atom is 0.288 e. The molecule has 0 aliphatic rings. The largest absolute Gasteiger partial charge is 0.459 e. The number of carbonyl (C=O) groups excluding carboxylic acids is 2. The number of amides is 1. The van der Waals surface area contributed by atoms with Gasteiger partial charge in [-0.2, -0.15) is 0 Å². The summed E-state index contributed by atoms with van der Waals surface area (Å²) >= 11 is 7.14. The highest BCUT2D eigenvalue weighted by Gasteiger charge is 2.24. The molecule has 0 unspecified atom stereocenters. The van der Waals surface area contributed by atoms with Crippen molar-refractivity contribution in [3.8, 4) is 0 Å². The Bertz CT molecular complexity index is 848. The number of Topliss-reactive ketones (excluding diaryl/α,β-unsaturated/α-hetero) is 1. The molecule has 3 aromatic rings. The number of hydrogen-bond acceptors (Lipinski definition) is 4. The van der Waals surface area contributed by atoms with Crippen LogP contribution in [0, 0.1) is 0 Å². The molecule has 1 heterocycles. The summed E-state index contributed by atoms with van der Waals surface area (Å²) < 4.78 is 5.10. The summed E-state index contributed by atoms with van der Waals surface area (Å²) in [6.07, 6.45) is 1.41. The predicted molar refractivity (Wildman–Crippen MR) is 98.0 cm³/mol. The van der Waals surface area contributed by atoms with E-state index in [2.05, 4.69) is 5.32 Å². The van der Waals surface area contributed by atoms with Gasteiger partial charge < -0.3 is 9.73 Å². The summed E-state index contributed by atoms with van der Waals surface area (Å²) in [5.74, 6) is -0.483. The lowest BCUT2D eigenvalue weighted by atomic mass is 10.1. The van der Waals surface area contributed by atoms with Gasteiger partial charge in [0.05, 0.1) is 6.26 Å². The predicted octanol–water partition coefficient (Wildman–Crippen LogP) is 4.66. The van der Waals surface area contributed by atoms with Crippen LogP contribution in [0.1, 0.15) is 20.9 Å². The highest BCUT2D eigenvalue weighted by Crippen LogP contribution is 2.26. The molecule has 6 heteroatoms. The lowest BCUT2D eigenvalue weighted by molar-refractivity contribution is 0.0874. The molecule has 0 radical (unpaired) electrons. The van der Waals surface area contributed by atoms with E-state index < -0.39 is 11.3 Å². The van der Waals surface area contributed by atoms with Crippen LogP contribution in [0.3, 0.4) is 0 Å². The molecule has 1 aromatic heterocycles. The lowest BCUT2D eigenvalue weighted by Crippen LogP contribution is -2.38. The van der Waals surface area contributed by atoms with E-state index in [1.807, 2.05) is 6.07 Å². The number of thioether (sulfide) groups is 1. The molecule has 0 aliphatic carbocycles. The molecule has 1 N–H and O–H groups in total. The van der Waals surface area contributed by atoms with Gasteiger partial charge in [0.25, 0.3) is 5.91 Å². The molecule has 1 atom stereocenters. The summed E-state index contributed by atoms with van der Waals surface area (Å²) in [5, 5.41) is 2.54. The van der Waals surface area contributed by atoms with Crippen molar-refractivity contribution in [2.24, 2.45) is 0 Å². The molecule has 1 amide bonds. The van der Waals surface area contributed by atoms with Gasteiger partial charge in [-0.1, -0.05) is 53.7 Å². The van der Waals surface area contributed by atoms with Crippen molar-refractivity contribution in [2.45, 2.75) is 10.3 Å². The van der Waals surface area contributed by atoms with E-state index in [1.165, 1.54) is 18.0 Å². The molecule has 0 saturated carbocycles. The van der Waals surface area contributed by atoms with E-state index in [1.54, 1.807) is 60.7 Å². The van der Waals surface area contributed by atoms with Crippen LogP contribution >= 0.6 is 23.4 Å². The van der Waals surface area contributed by atoms with E-state index in [9.17, 15) is 9.59 Å². The van der Waals surface area contributed by atoms with Crippen LogP contribution in [-0.4, -0.2) is 17.1 Å². The third-order valence-corrected chi connectivity index (χ3v) is 4.74. The average Bonchev–Trinajstić information content (AvgIpc) is 3.18. The number of hydrogen-bond donors (Lipinski definition) is 1. The summed E-state index contributed by atoms with van der Waals surface area (Å²) in [6, 6.07) is 19.1. The molecule has 0 fully saturated rings. The highest BCUT2D eigenvalue weighted by molar-refractivity contribution is 8.00. The third kappa shape index (κ3) is 4.53. The van der Waals surface area contributed by atoms with Gasteiger partial charge in [-0.05, 0) is 36.4 Å². The Balaban J connectivity index is 1.83. The van der Waals surface area contributed by atoms with Crippen molar-refractivity contribution in [1.82, 2.24) is 5.32 Å². The van der Waals surface area contributed by atoms with Gasteiger partial charge >= 0.3 is 0 Å². The zero-order chi connectivity index (χ0) is 17.6. The van der Waals surface area contributed by atoms with Gasteiger partial charge in [0, 0.05) is 15.5 Å². The van der Waals surface area contributed by atoms with Gasteiger partial charge in [-0.3, -0.25) is 9.59 Å². The van der Waals surface area contributed by atoms with Crippen LogP contribution in [0.4, 0.5) is 0 Å². The Morgan fingerprint density at radius 3 is 2.32 bits per heavy atom. The van der Waals surface area contributed by atoms with Gasteiger partial charge in [-0.25, -0.2) is 0 Å². The van der Waals surface area contributed by atoms with E-state index in [-0.39, 0.29) is 11.5 Å². The minimum absolute atomic E-state index is 0.155. The standard InChI is InChI=1S/C19H14ClNO3S/c20-14-8-10-15(11-9-14)25-19(17(22)13-5-2-1-3-6-13)21-18(23)16-7-4-12-24-16/h1-12,19H,(H,21,23)/t19-/m0/s1. The summed E-state index contributed by atoms with van der Waals surface area (Å²) in [6.45, 7) is 0. The fourth-order valence-electron chi connectivity index (χ4n) is 2.15. The topological polar surface area (TPSA) is 59.3 Å². The first kappa shape index (κ1) is 17.3. The van der Waals surface area contributed by atoms with Gasteiger partial charge in [0.2, 0.25) is 0 Å². The molecule has 4 nitrogen and oxygen atoms in total. The molecular formula is C19H14ClNO3S. The molecule has 25 heavy (non-hydrogen) atoms. The highest BCUT2D eigenvalue weighted by atomic mass is 35.5. The number of ketones is 1. The second kappa shape index (κ2) is 8.05. The Labute approximate surface area is 154 Å². The van der Waals surface area contributed by atoms with Gasteiger partial charge in [-0.15, -0.1) is 0 Å². The number of halogens is 1. The number of carbonyl (C=O) groups is 2. The number of nitrogens with one attached hydrogen (secondary N) is 1. The molecule has 126 valence electrons. The van der Waals surface area contributed by atoms with Crippen molar-refractivity contribution in [1.29, 1.82) is 0 Å². The van der Waals surface area contributed by atoms with Crippen molar-refractivity contribution in [2.75, 3.05) is 0 Å². The van der Waals surface area contributed by atoms with E-state index in [0.717, 1.165) is 4.90 Å². The number of rotatable bonds is 6. The van der Waals surface area contributed by atoms with Crippen molar-refractivity contribution in [3.05, 3.63) is 89.3 Å². The maximum atomic E-state index is 12.8. The zero-order valence-electron chi connectivity index (χ0n) is 13.0. The Kier molecular flexibility index (Phi) is 5.58. The Hall–Kier alpha value is -2.50. The van der Waals surface area contributed by atoms with E-state index >= 15 is 0 Å².